The summed E-state index contributed by atoms with van der Waals surface area (Å²) < 4.78 is 6.01. The number of ether oxygens (including phenoxy) is 1. The van der Waals surface area contributed by atoms with Crippen molar-refractivity contribution in [3.05, 3.63) is 64.7 Å². The van der Waals surface area contributed by atoms with E-state index in [1.54, 1.807) is 0 Å². The summed E-state index contributed by atoms with van der Waals surface area (Å²) in [5.74, 6) is 2.67. The van der Waals surface area contributed by atoms with Gasteiger partial charge in [-0.05, 0) is 67.9 Å². The average molecular weight is 398 g/mol. The predicted octanol–water partition coefficient (Wildman–Crippen LogP) is 5.08. The number of nitrogens with one attached hydrogen (secondary N) is 1. The van der Waals surface area contributed by atoms with Crippen molar-refractivity contribution in [2.45, 2.75) is 57.8 Å². The molecule has 1 aliphatic rings. The third kappa shape index (κ3) is 6.03. The maximum Gasteiger partial charge on any atom is 0.261 e. The number of fused-ring (bicyclic) bond motifs is 1. The predicted molar refractivity (Wildman–Crippen MR) is 118 cm³/mol. The highest BCUT2D eigenvalue weighted by molar-refractivity contribution is 7.98. The fourth-order valence-corrected chi connectivity index (χ4v) is 4.43. The molecule has 1 amide bonds. The van der Waals surface area contributed by atoms with Gasteiger partial charge in [-0.2, -0.15) is 11.8 Å². The SMILES string of the molecule is CCC(Oc1ccc2c(c1)CCCC2)C(=O)NCCSCc1cccc(C)c1. The Morgan fingerprint density at radius 3 is 2.75 bits per heavy atom. The van der Waals surface area contributed by atoms with Crippen LogP contribution in [0.4, 0.5) is 0 Å². The maximum atomic E-state index is 12.5. The van der Waals surface area contributed by atoms with E-state index in [2.05, 4.69) is 48.6 Å². The number of carbonyl (C=O) groups is 1. The van der Waals surface area contributed by atoms with Crippen LogP contribution in [0.25, 0.3) is 0 Å². The summed E-state index contributed by atoms with van der Waals surface area (Å²) in [6.07, 6.45) is 5.03. The number of thioether (sulfide) groups is 1. The fourth-order valence-electron chi connectivity index (χ4n) is 3.62. The van der Waals surface area contributed by atoms with Gasteiger partial charge in [0.2, 0.25) is 0 Å². The van der Waals surface area contributed by atoms with E-state index >= 15 is 0 Å². The summed E-state index contributed by atoms with van der Waals surface area (Å²) in [6.45, 7) is 4.77. The molecule has 0 saturated carbocycles. The van der Waals surface area contributed by atoms with Gasteiger partial charge in [-0.15, -0.1) is 0 Å². The second kappa shape index (κ2) is 10.6. The van der Waals surface area contributed by atoms with E-state index in [1.165, 1.54) is 35.1 Å². The second-order valence-corrected chi connectivity index (χ2v) is 8.59. The van der Waals surface area contributed by atoms with E-state index in [-0.39, 0.29) is 5.91 Å². The van der Waals surface area contributed by atoms with Crippen LogP contribution in [0.3, 0.4) is 0 Å². The Hall–Kier alpha value is -1.94. The second-order valence-electron chi connectivity index (χ2n) is 7.49. The van der Waals surface area contributed by atoms with Gasteiger partial charge < -0.3 is 10.1 Å². The molecule has 1 unspecified atom stereocenters. The van der Waals surface area contributed by atoms with Crippen LogP contribution in [0.15, 0.2) is 42.5 Å². The van der Waals surface area contributed by atoms with E-state index in [4.69, 9.17) is 4.74 Å². The van der Waals surface area contributed by atoms with Gasteiger partial charge in [-0.25, -0.2) is 0 Å². The first-order valence-corrected chi connectivity index (χ1v) is 11.5. The number of hydrogen-bond donors (Lipinski definition) is 1. The van der Waals surface area contributed by atoms with Crippen molar-refractivity contribution in [2.24, 2.45) is 0 Å². The van der Waals surface area contributed by atoms with Crippen molar-refractivity contribution >= 4 is 17.7 Å². The van der Waals surface area contributed by atoms with Crippen molar-refractivity contribution in [3.63, 3.8) is 0 Å². The van der Waals surface area contributed by atoms with E-state index in [0.29, 0.717) is 13.0 Å². The molecule has 0 spiro atoms. The molecule has 0 aliphatic heterocycles. The van der Waals surface area contributed by atoms with Crippen molar-refractivity contribution < 1.29 is 9.53 Å². The number of carbonyl (C=O) groups excluding carboxylic acids is 1. The molecule has 4 heteroatoms. The third-order valence-corrected chi connectivity index (χ3v) is 6.19. The van der Waals surface area contributed by atoms with E-state index in [0.717, 1.165) is 30.1 Å². The number of rotatable bonds is 9. The maximum absolute atomic E-state index is 12.5. The molecule has 1 N–H and O–H groups in total. The summed E-state index contributed by atoms with van der Waals surface area (Å²) in [6, 6.07) is 14.9. The van der Waals surface area contributed by atoms with Gasteiger partial charge >= 0.3 is 0 Å². The minimum Gasteiger partial charge on any atom is -0.481 e. The zero-order chi connectivity index (χ0) is 19.8. The first kappa shape index (κ1) is 20.8. The molecule has 0 aromatic heterocycles. The Morgan fingerprint density at radius 2 is 1.96 bits per heavy atom. The van der Waals surface area contributed by atoms with Gasteiger partial charge in [0.15, 0.2) is 6.10 Å². The van der Waals surface area contributed by atoms with Gasteiger partial charge in [0.1, 0.15) is 5.75 Å². The zero-order valence-corrected chi connectivity index (χ0v) is 17.8. The highest BCUT2D eigenvalue weighted by Gasteiger charge is 2.19. The smallest absolute Gasteiger partial charge is 0.261 e. The Bertz CT molecular complexity index is 790. The molecule has 0 bridgehead atoms. The molecule has 0 fully saturated rings. The van der Waals surface area contributed by atoms with Gasteiger partial charge in [-0.3, -0.25) is 4.79 Å². The van der Waals surface area contributed by atoms with Crippen LogP contribution < -0.4 is 10.1 Å². The van der Waals surface area contributed by atoms with Crippen molar-refractivity contribution in [2.75, 3.05) is 12.3 Å². The Morgan fingerprint density at radius 1 is 1.14 bits per heavy atom. The topological polar surface area (TPSA) is 38.3 Å². The monoisotopic (exact) mass is 397 g/mol. The van der Waals surface area contributed by atoms with Gasteiger partial charge in [0.25, 0.3) is 5.91 Å². The van der Waals surface area contributed by atoms with Crippen molar-refractivity contribution in [1.82, 2.24) is 5.32 Å². The lowest BCUT2D eigenvalue weighted by molar-refractivity contribution is -0.127. The third-order valence-electron chi connectivity index (χ3n) is 5.16. The fraction of sp³-hybridized carbons (Fsp3) is 0.458. The quantitative estimate of drug-likeness (QED) is 0.600. The minimum absolute atomic E-state index is 0.0172. The van der Waals surface area contributed by atoms with Crippen molar-refractivity contribution in [1.29, 1.82) is 0 Å². The molecule has 1 atom stereocenters. The average Bonchev–Trinajstić information content (AvgIpc) is 2.71. The summed E-state index contributed by atoms with van der Waals surface area (Å²) in [5, 5.41) is 3.03. The Labute approximate surface area is 173 Å². The minimum atomic E-state index is -0.427. The summed E-state index contributed by atoms with van der Waals surface area (Å²) in [7, 11) is 0. The molecular formula is C24H31NO2S. The van der Waals surface area contributed by atoms with Crippen LogP contribution in [0, 0.1) is 6.92 Å². The molecule has 3 rings (SSSR count). The van der Waals surface area contributed by atoms with Crippen molar-refractivity contribution in [3.8, 4) is 5.75 Å². The van der Waals surface area contributed by atoms with Crippen LogP contribution >= 0.6 is 11.8 Å². The summed E-state index contributed by atoms with van der Waals surface area (Å²) >= 11 is 1.84. The normalized spacial score (nSPS) is 14.2. The first-order chi connectivity index (χ1) is 13.7. The van der Waals surface area contributed by atoms with Crippen LogP contribution in [0.2, 0.25) is 0 Å². The number of hydrogen-bond acceptors (Lipinski definition) is 3. The van der Waals surface area contributed by atoms with E-state index < -0.39 is 6.10 Å². The molecule has 0 saturated heterocycles. The number of aryl methyl sites for hydroxylation is 3. The van der Waals surface area contributed by atoms with E-state index in [1.807, 2.05) is 24.8 Å². The van der Waals surface area contributed by atoms with E-state index in [9.17, 15) is 4.79 Å². The van der Waals surface area contributed by atoms with Gasteiger partial charge in [0.05, 0.1) is 0 Å². The lowest BCUT2D eigenvalue weighted by Crippen LogP contribution is -2.39. The molecule has 2 aromatic carbocycles. The van der Waals surface area contributed by atoms with Crippen LogP contribution in [0.1, 0.15) is 48.4 Å². The molecule has 3 nitrogen and oxygen atoms in total. The highest BCUT2D eigenvalue weighted by atomic mass is 32.2. The first-order valence-electron chi connectivity index (χ1n) is 10.3. The Balaban J connectivity index is 1.42. The molecule has 2 aromatic rings. The largest absolute Gasteiger partial charge is 0.481 e. The molecule has 150 valence electrons. The molecular weight excluding hydrogens is 366 g/mol. The molecule has 0 radical (unpaired) electrons. The van der Waals surface area contributed by atoms with Crippen LogP contribution in [0.5, 0.6) is 5.75 Å². The Kier molecular flexibility index (Phi) is 7.84. The van der Waals surface area contributed by atoms with Gasteiger partial charge in [0, 0.05) is 18.1 Å². The highest BCUT2D eigenvalue weighted by Crippen LogP contribution is 2.26. The zero-order valence-electron chi connectivity index (χ0n) is 17.0. The molecule has 1 aliphatic carbocycles. The molecule has 28 heavy (non-hydrogen) atoms. The summed E-state index contributed by atoms with van der Waals surface area (Å²) in [5.41, 5.74) is 5.43. The summed E-state index contributed by atoms with van der Waals surface area (Å²) in [4.78, 5) is 12.5. The van der Waals surface area contributed by atoms with Crippen LogP contribution in [-0.2, 0) is 23.4 Å². The number of benzene rings is 2. The van der Waals surface area contributed by atoms with Gasteiger partial charge in [-0.1, -0.05) is 42.8 Å². The lowest BCUT2D eigenvalue weighted by atomic mass is 9.92. The number of amides is 1. The molecule has 0 heterocycles. The standard InChI is InChI=1S/C24H31NO2S/c1-3-23(27-22-12-11-20-9-4-5-10-21(20)16-22)24(26)25-13-14-28-17-19-8-6-7-18(2)15-19/h6-8,11-12,15-16,23H,3-5,9-10,13-14,17H2,1-2H3,(H,25,26). The lowest BCUT2D eigenvalue weighted by Gasteiger charge is -2.20. The van der Waals surface area contributed by atoms with Crippen LogP contribution in [-0.4, -0.2) is 24.3 Å².